The summed E-state index contributed by atoms with van der Waals surface area (Å²) in [6.45, 7) is 0.468. The zero-order chi connectivity index (χ0) is 23.8. The molecule has 3 aromatic carbocycles. The fraction of sp³-hybridized carbons (Fsp3) is 0.0385. The standard InChI is InChI=1S/C26H17F2N3O2S/c27-18-11-9-16(10-12-18)14-30-15-17(19-5-1-3-7-22(19)30)13-20-24(32)29-26(34)31(25(20)33)23-8-4-2-6-21(23)28/h1-13,15H,14H2,(H,29,32,34). The minimum Gasteiger partial charge on any atom is -0.342 e. The molecule has 0 atom stereocenters. The molecule has 1 aromatic heterocycles. The molecule has 2 amide bonds. The highest BCUT2D eigenvalue weighted by Crippen LogP contribution is 2.28. The van der Waals surface area contributed by atoms with Gasteiger partial charge in [0.15, 0.2) is 5.11 Å². The Morgan fingerprint density at radius 1 is 0.912 bits per heavy atom. The Bertz CT molecular complexity index is 1490. The number of para-hydroxylation sites is 2. The van der Waals surface area contributed by atoms with Crippen LogP contribution in [0.3, 0.4) is 0 Å². The largest absolute Gasteiger partial charge is 0.342 e. The van der Waals surface area contributed by atoms with Crippen LogP contribution in [0.15, 0.2) is 84.6 Å². The number of carbonyl (C=O) groups is 2. The van der Waals surface area contributed by atoms with Gasteiger partial charge < -0.3 is 4.57 Å². The Morgan fingerprint density at radius 3 is 2.38 bits per heavy atom. The minimum absolute atomic E-state index is 0.0397. The third-order valence-electron chi connectivity index (χ3n) is 5.58. The molecule has 1 fully saturated rings. The third kappa shape index (κ3) is 3.88. The van der Waals surface area contributed by atoms with Crippen LogP contribution in [0.2, 0.25) is 0 Å². The van der Waals surface area contributed by atoms with Crippen LogP contribution in [0, 0.1) is 11.6 Å². The van der Waals surface area contributed by atoms with Gasteiger partial charge >= 0.3 is 0 Å². The van der Waals surface area contributed by atoms with Crippen molar-refractivity contribution in [2.75, 3.05) is 4.90 Å². The lowest BCUT2D eigenvalue weighted by atomic mass is 10.1. The lowest BCUT2D eigenvalue weighted by molar-refractivity contribution is -0.122. The molecule has 8 heteroatoms. The molecule has 0 saturated carbocycles. The van der Waals surface area contributed by atoms with E-state index in [1.807, 2.05) is 35.0 Å². The first-order valence-electron chi connectivity index (χ1n) is 10.4. The first kappa shape index (κ1) is 21.7. The fourth-order valence-corrected chi connectivity index (χ4v) is 4.25. The number of nitrogens with zero attached hydrogens (tertiary/aromatic N) is 2. The highest BCUT2D eigenvalue weighted by molar-refractivity contribution is 7.80. The first-order chi connectivity index (χ1) is 16.4. The zero-order valence-corrected chi connectivity index (χ0v) is 18.5. The third-order valence-corrected chi connectivity index (χ3v) is 5.87. The number of fused-ring (bicyclic) bond motifs is 1. The van der Waals surface area contributed by atoms with Gasteiger partial charge in [-0.05, 0) is 54.2 Å². The Kier molecular flexibility index (Phi) is 5.51. The average molecular weight is 474 g/mol. The lowest BCUT2D eigenvalue weighted by Gasteiger charge is -2.29. The van der Waals surface area contributed by atoms with E-state index in [1.54, 1.807) is 18.2 Å². The van der Waals surface area contributed by atoms with Gasteiger partial charge in [-0.2, -0.15) is 0 Å². The van der Waals surface area contributed by atoms with Crippen molar-refractivity contribution in [1.82, 2.24) is 9.88 Å². The van der Waals surface area contributed by atoms with Gasteiger partial charge in [0.25, 0.3) is 11.8 Å². The maximum absolute atomic E-state index is 14.4. The van der Waals surface area contributed by atoms with E-state index in [-0.39, 0.29) is 22.2 Å². The van der Waals surface area contributed by atoms with Crippen molar-refractivity contribution in [3.8, 4) is 0 Å². The molecule has 34 heavy (non-hydrogen) atoms. The first-order valence-corrected chi connectivity index (χ1v) is 10.8. The number of amides is 2. The number of hydrogen-bond acceptors (Lipinski definition) is 3. The molecule has 4 aromatic rings. The molecule has 1 aliphatic heterocycles. The molecule has 0 bridgehead atoms. The van der Waals surface area contributed by atoms with Crippen molar-refractivity contribution in [3.05, 3.63) is 107 Å². The summed E-state index contributed by atoms with van der Waals surface area (Å²) < 4.78 is 29.7. The minimum atomic E-state index is -0.714. The number of rotatable bonds is 4. The van der Waals surface area contributed by atoms with Crippen molar-refractivity contribution in [1.29, 1.82) is 0 Å². The van der Waals surface area contributed by atoms with Gasteiger partial charge in [-0.1, -0.05) is 42.5 Å². The summed E-state index contributed by atoms with van der Waals surface area (Å²) in [5, 5.41) is 3.11. The highest BCUT2D eigenvalue weighted by Gasteiger charge is 2.35. The molecule has 0 aliphatic carbocycles. The SMILES string of the molecule is O=C1NC(=S)N(c2ccccc2F)C(=O)C1=Cc1cn(Cc2ccc(F)cc2)c2ccccc12. The monoisotopic (exact) mass is 473 g/mol. The fourth-order valence-electron chi connectivity index (χ4n) is 3.97. The van der Waals surface area contributed by atoms with Crippen LogP contribution in [-0.4, -0.2) is 21.5 Å². The predicted octanol–water partition coefficient (Wildman–Crippen LogP) is 4.80. The van der Waals surface area contributed by atoms with Gasteiger partial charge in [0.2, 0.25) is 0 Å². The number of benzene rings is 3. The van der Waals surface area contributed by atoms with Crippen LogP contribution in [0.4, 0.5) is 14.5 Å². The van der Waals surface area contributed by atoms with Crippen LogP contribution in [0.25, 0.3) is 17.0 Å². The van der Waals surface area contributed by atoms with Gasteiger partial charge in [0.1, 0.15) is 17.2 Å². The number of hydrogen-bond donors (Lipinski definition) is 1. The van der Waals surface area contributed by atoms with E-state index < -0.39 is 17.6 Å². The van der Waals surface area contributed by atoms with Crippen LogP contribution >= 0.6 is 12.2 Å². The van der Waals surface area contributed by atoms with Crippen LogP contribution < -0.4 is 10.2 Å². The maximum Gasteiger partial charge on any atom is 0.270 e. The Labute approximate surface area is 198 Å². The van der Waals surface area contributed by atoms with E-state index in [0.29, 0.717) is 12.1 Å². The smallest absolute Gasteiger partial charge is 0.270 e. The quantitative estimate of drug-likeness (QED) is 0.263. The van der Waals surface area contributed by atoms with Gasteiger partial charge in [-0.15, -0.1) is 0 Å². The maximum atomic E-state index is 14.4. The summed E-state index contributed by atoms with van der Waals surface area (Å²) in [6.07, 6.45) is 3.30. The second kappa shape index (κ2) is 8.64. The summed E-state index contributed by atoms with van der Waals surface area (Å²) in [4.78, 5) is 26.9. The number of aromatic nitrogens is 1. The summed E-state index contributed by atoms with van der Waals surface area (Å²) in [7, 11) is 0. The number of anilines is 1. The second-order valence-corrected chi connectivity index (χ2v) is 8.15. The van der Waals surface area contributed by atoms with Crippen LogP contribution in [-0.2, 0) is 16.1 Å². The molecule has 0 spiro atoms. The zero-order valence-electron chi connectivity index (χ0n) is 17.7. The molecule has 0 radical (unpaired) electrons. The van der Waals surface area contributed by atoms with E-state index in [9.17, 15) is 18.4 Å². The van der Waals surface area contributed by atoms with E-state index in [2.05, 4.69) is 5.32 Å². The van der Waals surface area contributed by atoms with Gasteiger partial charge in [-0.3, -0.25) is 14.9 Å². The number of carbonyl (C=O) groups excluding carboxylic acids is 2. The second-order valence-electron chi connectivity index (χ2n) is 7.77. The Morgan fingerprint density at radius 2 is 1.62 bits per heavy atom. The van der Waals surface area contributed by atoms with Crippen LogP contribution in [0.5, 0.6) is 0 Å². The molecule has 1 aliphatic rings. The molecule has 0 unspecified atom stereocenters. The molecule has 1 N–H and O–H groups in total. The number of halogens is 2. The molecule has 1 saturated heterocycles. The van der Waals surface area contributed by atoms with Gasteiger partial charge in [-0.25, -0.2) is 13.7 Å². The Balaban J connectivity index is 1.57. The van der Waals surface area contributed by atoms with Crippen molar-refractivity contribution < 1.29 is 18.4 Å². The lowest BCUT2D eigenvalue weighted by Crippen LogP contribution is -2.54. The van der Waals surface area contributed by atoms with E-state index in [0.717, 1.165) is 21.4 Å². The van der Waals surface area contributed by atoms with Crippen molar-refractivity contribution in [2.24, 2.45) is 0 Å². The van der Waals surface area contributed by atoms with Crippen molar-refractivity contribution in [3.63, 3.8) is 0 Å². The normalized spacial score (nSPS) is 15.3. The highest BCUT2D eigenvalue weighted by atomic mass is 32.1. The summed E-state index contributed by atoms with van der Waals surface area (Å²) in [5.41, 5.74) is 2.20. The molecule has 2 heterocycles. The summed E-state index contributed by atoms with van der Waals surface area (Å²) in [5.74, 6) is -2.32. The summed E-state index contributed by atoms with van der Waals surface area (Å²) in [6, 6.07) is 19.5. The van der Waals surface area contributed by atoms with Crippen LogP contribution in [0.1, 0.15) is 11.1 Å². The Hall–Kier alpha value is -4.17. The number of thiocarbonyl (C=S) groups is 1. The van der Waals surface area contributed by atoms with Crippen molar-refractivity contribution in [2.45, 2.75) is 6.54 Å². The van der Waals surface area contributed by atoms with Gasteiger partial charge in [0.05, 0.1) is 5.69 Å². The molecule has 5 nitrogen and oxygen atoms in total. The van der Waals surface area contributed by atoms with E-state index in [4.69, 9.17) is 12.2 Å². The average Bonchev–Trinajstić information content (AvgIpc) is 3.16. The predicted molar refractivity (Wildman–Crippen MR) is 130 cm³/mol. The number of nitrogens with one attached hydrogen (secondary N) is 1. The molecule has 5 rings (SSSR count). The summed E-state index contributed by atoms with van der Waals surface area (Å²) >= 11 is 5.15. The van der Waals surface area contributed by atoms with E-state index in [1.165, 1.54) is 36.4 Å². The molecular formula is C26H17F2N3O2S. The van der Waals surface area contributed by atoms with E-state index >= 15 is 0 Å². The van der Waals surface area contributed by atoms with Crippen molar-refractivity contribution >= 4 is 51.8 Å². The molecular weight excluding hydrogens is 456 g/mol. The molecule has 168 valence electrons. The van der Waals surface area contributed by atoms with Gasteiger partial charge in [0, 0.05) is 29.2 Å². The topological polar surface area (TPSA) is 54.3 Å².